The van der Waals surface area contributed by atoms with Crippen molar-refractivity contribution in [2.24, 2.45) is 0 Å². The Morgan fingerprint density at radius 1 is 1.00 bits per heavy atom. The monoisotopic (exact) mass is 479 g/mol. The molecule has 1 aliphatic rings. The maximum absolute atomic E-state index is 12.5. The molecule has 4 rings (SSSR count). The van der Waals surface area contributed by atoms with Crippen LogP contribution in [0.3, 0.4) is 0 Å². The molecule has 3 aromatic rings. The van der Waals surface area contributed by atoms with Crippen LogP contribution in [-0.2, 0) is 29.5 Å². The van der Waals surface area contributed by atoms with Crippen LogP contribution in [0.1, 0.15) is 22.4 Å². The normalized spacial score (nSPS) is 13.0. The summed E-state index contributed by atoms with van der Waals surface area (Å²) in [5.74, 6) is 0.234. The van der Waals surface area contributed by atoms with E-state index in [-0.39, 0.29) is 16.7 Å². The lowest BCUT2D eigenvalue weighted by molar-refractivity contribution is 0.191. The van der Waals surface area contributed by atoms with Gasteiger partial charge in [0.2, 0.25) is 0 Å². The molecule has 4 amide bonds. The zero-order valence-electron chi connectivity index (χ0n) is 18.6. The summed E-state index contributed by atoms with van der Waals surface area (Å²) in [4.78, 5) is 30.9. The van der Waals surface area contributed by atoms with Gasteiger partial charge in [0, 0.05) is 31.7 Å². The number of carbonyl (C=O) groups is 2. The van der Waals surface area contributed by atoms with Crippen molar-refractivity contribution in [3.05, 3.63) is 89.1 Å². The number of benzene rings is 2. The summed E-state index contributed by atoms with van der Waals surface area (Å²) in [7, 11) is -4.00. The van der Waals surface area contributed by atoms with Crippen LogP contribution in [0, 0.1) is 6.92 Å². The number of anilines is 1. The van der Waals surface area contributed by atoms with Gasteiger partial charge in [0.15, 0.2) is 0 Å². The van der Waals surface area contributed by atoms with Crippen molar-refractivity contribution in [3.8, 4) is 0 Å². The number of fused-ring (bicyclic) bond motifs is 1. The minimum Gasteiger partial charge on any atom is -0.334 e. The van der Waals surface area contributed by atoms with Crippen molar-refractivity contribution in [1.29, 1.82) is 0 Å². The number of urea groups is 2. The lowest BCUT2D eigenvalue weighted by atomic mass is 10.1. The summed E-state index contributed by atoms with van der Waals surface area (Å²) >= 11 is 0. The van der Waals surface area contributed by atoms with Crippen molar-refractivity contribution in [2.45, 2.75) is 31.3 Å². The summed E-state index contributed by atoms with van der Waals surface area (Å²) in [5, 5.41) is 5.39. The summed E-state index contributed by atoms with van der Waals surface area (Å²) in [6.45, 7) is 3.18. The molecule has 10 heteroatoms. The molecule has 0 saturated carbocycles. The van der Waals surface area contributed by atoms with E-state index in [9.17, 15) is 18.0 Å². The van der Waals surface area contributed by atoms with Crippen LogP contribution in [0.25, 0.3) is 0 Å². The van der Waals surface area contributed by atoms with E-state index >= 15 is 0 Å². The highest BCUT2D eigenvalue weighted by atomic mass is 32.2. The van der Waals surface area contributed by atoms with Gasteiger partial charge in [-0.25, -0.2) is 27.7 Å². The van der Waals surface area contributed by atoms with Gasteiger partial charge < -0.3 is 10.2 Å². The van der Waals surface area contributed by atoms with E-state index in [1.54, 1.807) is 29.2 Å². The maximum atomic E-state index is 12.5. The van der Waals surface area contributed by atoms with Crippen molar-refractivity contribution in [3.63, 3.8) is 0 Å². The van der Waals surface area contributed by atoms with Crippen molar-refractivity contribution >= 4 is 27.9 Å². The first-order chi connectivity index (χ1) is 16.3. The Morgan fingerprint density at radius 3 is 2.47 bits per heavy atom. The second kappa shape index (κ2) is 9.92. The minimum atomic E-state index is -4.00. The Morgan fingerprint density at radius 2 is 1.74 bits per heavy atom. The van der Waals surface area contributed by atoms with Gasteiger partial charge in [0.05, 0.1) is 4.90 Å². The number of pyridine rings is 1. The van der Waals surface area contributed by atoms with E-state index in [0.717, 1.165) is 22.4 Å². The fourth-order valence-corrected chi connectivity index (χ4v) is 4.49. The number of aryl methyl sites for hydroxylation is 1. The first-order valence-electron chi connectivity index (χ1n) is 10.8. The molecule has 1 aromatic heterocycles. The van der Waals surface area contributed by atoms with Gasteiger partial charge in [0.25, 0.3) is 10.0 Å². The van der Waals surface area contributed by atoms with Crippen molar-refractivity contribution in [1.82, 2.24) is 19.9 Å². The smallest absolute Gasteiger partial charge is 0.334 e. The molecule has 0 spiro atoms. The molecule has 0 aliphatic carbocycles. The molecule has 0 saturated heterocycles. The highest BCUT2D eigenvalue weighted by molar-refractivity contribution is 7.90. The lowest BCUT2D eigenvalue weighted by Crippen LogP contribution is -2.42. The van der Waals surface area contributed by atoms with Crippen LogP contribution in [0.15, 0.2) is 71.6 Å². The number of amides is 4. The molecule has 0 radical (unpaired) electrons. The van der Waals surface area contributed by atoms with Crippen LogP contribution >= 0.6 is 0 Å². The Kier molecular flexibility index (Phi) is 6.78. The van der Waals surface area contributed by atoms with Crippen LogP contribution in [0.5, 0.6) is 0 Å². The van der Waals surface area contributed by atoms with Gasteiger partial charge in [-0.05, 0) is 36.2 Å². The molecule has 0 unspecified atom stereocenters. The van der Waals surface area contributed by atoms with E-state index < -0.39 is 16.1 Å². The molecule has 1 aliphatic heterocycles. The Bertz CT molecular complexity index is 1290. The molecule has 2 heterocycles. The number of sulfonamides is 1. The molecule has 176 valence electrons. The third-order valence-electron chi connectivity index (χ3n) is 5.42. The first kappa shape index (κ1) is 23.2. The molecule has 34 heavy (non-hydrogen) atoms. The van der Waals surface area contributed by atoms with Gasteiger partial charge in [0.1, 0.15) is 5.82 Å². The van der Waals surface area contributed by atoms with E-state index in [0.29, 0.717) is 26.1 Å². The minimum absolute atomic E-state index is 0.00252. The number of nitrogens with zero attached hydrogens (tertiary/aromatic N) is 2. The first-order valence-corrected chi connectivity index (χ1v) is 12.2. The number of nitrogens with one attached hydrogen (secondary N) is 3. The highest BCUT2D eigenvalue weighted by Gasteiger charge is 2.23. The van der Waals surface area contributed by atoms with Crippen molar-refractivity contribution in [2.75, 3.05) is 11.9 Å². The molecule has 3 N–H and O–H groups in total. The largest absolute Gasteiger partial charge is 0.334 e. The number of carbonyl (C=O) groups excluding carboxylic acids is 2. The van der Waals surface area contributed by atoms with Gasteiger partial charge in [-0.15, -0.1) is 0 Å². The molecule has 9 nitrogen and oxygen atoms in total. The molecule has 0 fully saturated rings. The quantitative estimate of drug-likeness (QED) is 0.519. The van der Waals surface area contributed by atoms with Gasteiger partial charge in [-0.2, -0.15) is 0 Å². The van der Waals surface area contributed by atoms with Crippen LogP contribution in [-0.4, -0.2) is 36.9 Å². The van der Waals surface area contributed by atoms with E-state index in [1.165, 1.54) is 12.1 Å². The lowest BCUT2D eigenvalue weighted by Gasteiger charge is -2.28. The van der Waals surface area contributed by atoms with Gasteiger partial charge in [-0.3, -0.25) is 5.32 Å². The molecule has 0 atom stereocenters. The van der Waals surface area contributed by atoms with E-state index in [1.807, 2.05) is 42.0 Å². The third-order valence-corrected chi connectivity index (χ3v) is 6.77. The van der Waals surface area contributed by atoms with E-state index in [2.05, 4.69) is 15.6 Å². The molecular formula is C24H25N5O4S. The predicted octanol–water partition coefficient (Wildman–Crippen LogP) is 3.17. The molecular weight excluding hydrogens is 454 g/mol. The second-order valence-corrected chi connectivity index (χ2v) is 9.67. The second-order valence-electron chi connectivity index (χ2n) is 7.99. The highest BCUT2D eigenvalue weighted by Crippen LogP contribution is 2.20. The zero-order valence-corrected chi connectivity index (χ0v) is 19.4. The Balaban J connectivity index is 1.34. The zero-order chi connectivity index (χ0) is 24.1. The fourth-order valence-electron chi connectivity index (χ4n) is 3.58. The molecule has 0 bridgehead atoms. The summed E-state index contributed by atoms with van der Waals surface area (Å²) in [6.07, 6.45) is 0.521. The average molecular weight is 480 g/mol. The SMILES string of the molecule is Cc1ccc(S(=O)(=O)NC(=O)Nc2ccc3c(n2)CCN(C(=O)NCc2ccccc2)C3)cc1. The number of hydrogen-bond acceptors (Lipinski definition) is 5. The maximum Gasteiger partial charge on any atom is 0.334 e. The summed E-state index contributed by atoms with van der Waals surface area (Å²) < 4.78 is 26.8. The van der Waals surface area contributed by atoms with Crippen LogP contribution < -0.4 is 15.4 Å². The summed E-state index contributed by atoms with van der Waals surface area (Å²) in [6, 6.07) is 18.2. The Hall–Kier alpha value is -3.92. The fraction of sp³-hybridized carbons (Fsp3) is 0.208. The average Bonchev–Trinajstić information content (AvgIpc) is 2.82. The van der Waals surface area contributed by atoms with Crippen molar-refractivity contribution < 1.29 is 18.0 Å². The third kappa shape index (κ3) is 5.70. The van der Waals surface area contributed by atoms with Gasteiger partial charge in [-0.1, -0.05) is 54.1 Å². The van der Waals surface area contributed by atoms with Gasteiger partial charge >= 0.3 is 12.1 Å². The van der Waals surface area contributed by atoms with Crippen LogP contribution in [0.4, 0.5) is 15.4 Å². The topological polar surface area (TPSA) is 120 Å². The number of rotatable bonds is 5. The standard InChI is InChI=1S/C24H25N5O4S/c1-17-7-10-20(11-8-17)34(32,33)28-23(30)27-22-12-9-19-16-29(14-13-21(19)26-22)24(31)25-15-18-5-3-2-4-6-18/h2-12H,13-16H2,1H3,(H,25,31)(H2,26,27,28,30). The molecule has 2 aromatic carbocycles. The summed E-state index contributed by atoms with van der Waals surface area (Å²) in [5.41, 5.74) is 3.56. The predicted molar refractivity (Wildman–Crippen MR) is 128 cm³/mol. The number of hydrogen-bond donors (Lipinski definition) is 3. The van der Waals surface area contributed by atoms with E-state index in [4.69, 9.17) is 0 Å². The number of aromatic nitrogens is 1. The Labute approximate surface area is 198 Å². The van der Waals surface area contributed by atoms with Crippen LogP contribution in [0.2, 0.25) is 0 Å².